The van der Waals surface area contributed by atoms with Crippen molar-refractivity contribution < 1.29 is 37.0 Å². The molecule has 214 valence electrons. The summed E-state index contributed by atoms with van der Waals surface area (Å²) in [4.78, 5) is 28.2. The SMILES string of the molecule is COc1cc(C(F)(F)F)cc(C2(c3nnc(C(=O)Nc4ccc(C5CCC(CC(=O)O)CC5)cc4)o3)C=CC=N2)c1. The largest absolute Gasteiger partial charge is 0.497 e. The van der Waals surface area contributed by atoms with Gasteiger partial charge in [-0.2, -0.15) is 13.2 Å². The van der Waals surface area contributed by atoms with Crippen LogP contribution in [0.4, 0.5) is 18.9 Å². The van der Waals surface area contributed by atoms with Crippen molar-refractivity contribution in [2.24, 2.45) is 10.9 Å². The van der Waals surface area contributed by atoms with E-state index in [1.807, 2.05) is 12.1 Å². The van der Waals surface area contributed by atoms with Gasteiger partial charge in [0.15, 0.2) is 5.54 Å². The van der Waals surface area contributed by atoms with E-state index in [1.165, 1.54) is 31.5 Å². The summed E-state index contributed by atoms with van der Waals surface area (Å²) in [5.74, 6) is -1.50. The van der Waals surface area contributed by atoms with Gasteiger partial charge in [-0.1, -0.05) is 12.1 Å². The Morgan fingerprint density at radius 3 is 2.44 bits per heavy atom. The van der Waals surface area contributed by atoms with Crippen LogP contribution in [0, 0.1) is 5.92 Å². The van der Waals surface area contributed by atoms with Crippen molar-refractivity contribution in [2.75, 3.05) is 12.4 Å². The molecule has 2 aliphatic rings. The summed E-state index contributed by atoms with van der Waals surface area (Å²) in [5, 5.41) is 19.5. The highest BCUT2D eigenvalue weighted by Crippen LogP contribution is 2.42. The van der Waals surface area contributed by atoms with E-state index in [-0.39, 0.29) is 35.4 Å². The van der Waals surface area contributed by atoms with E-state index in [0.29, 0.717) is 11.6 Å². The van der Waals surface area contributed by atoms with E-state index in [1.54, 1.807) is 12.1 Å². The lowest BCUT2D eigenvalue weighted by Gasteiger charge is -2.28. The first-order valence-corrected chi connectivity index (χ1v) is 13.0. The van der Waals surface area contributed by atoms with E-state index >= 15 is 0 Å². The molecule has 0 radical (unpaired) electrons. The van der Waals surface area contributed by atoms with Crippen LogP contribution in [0.15, 0.2) is 64.0 Å². The summed E-state index contributed by atoms with van der Waals surface area (Å²) in [6, 6.07) is 10.6. The van der Waals surface area contributed by atoms with Crippen molar-refractivity contribution in [2.45, 2.75) is 49.7 Å². The fourth-order valence-electron chi connectivity index (χ4n) is 5.35. The van der Waals surface area contributed by atoms with Gasteiger partial charge < -0.3 is 19.6 Å². The zero-order valence-electron chi connectivity index (χ0n) is 22.0. The third kappa shape index (κ3) is 6.01. The van der Waals surface area contributed by atoms with Crippen molar-refractivity contribution in [3.8, 4) is 5.75 Å². The molecule has 2 aromatic carbocycles. The number of amides is 1. The smallest absolute Gasteiger partial charge is 0.416 e. The number of benzene rings is 2. The Kier molecular flexibility index (Phi) is 7.65. The third-order valence-corrected chi connectivity index (χ3v) is 7.51. The number of allylic oxidation sites excluding steroid dienone is 1. The van der Waals surface area contributed by atoms with Crippen molar-refractivity contribution in [3.63, 3.8) is 0 Å². The lowest BCUT2D eigenvalue weighted by molar-refractivity contribution is -0.139. The van der Waals surface area contributed by atoms with Gasteiger partial charge in [0.25, 0.3) is 5.89 Å². The van der Waals surface area contributed by atoms with E-state index in [9.17, 15) is 22.8 Å². The molecule has 0 bridgehead atoms. The van der Waals surface area contributed by atoms with Crippen LogP contribution in [0.5, 0.6) is 5.75 Å². The molecule has 2 N–H and O–H groups in total. The van der Waals surface area contributed by atoms with Crippen LogP contribution in [0.3, 0.4) is 0 Å². The van der Waals surface area contributed by atoms with Gasteiger partial charge in [0.1, 0.15) is 5.75 Å². The van der Waals surface area contributed by atoms with Gasteiger partial charge in [0, 0.05) is 18.3 Å². The number of aliphatic imine (C=N–C) groups is 1. The van der Waals surface area contributed by atoms with E-state index in [4.69, 9.17) is 14.3 Å². The van der Waals surface area contributed by atoms with Gasteiger partial charge >= 0.3 is 23.9 Å². The maximum absolute atomic E-state index is 13.6. The molecule has 0 saturated heterocycles. The lowest BCUT2D eigenvalue weighted by Crippen LogP contribution is -2.23. The number of anilines is 1. The van der Waals surface area contributed by atoms with Crippen molar-refractivity contribution >= 4 is 23.8 Å². The first-order chi connectivity index (χ1) is 19.6. The maximum atomic E-state index is 13.6. The number of carbonyl (C=O) groups is 2. The van der Waals surface area contributed by atoms with E-state index < -0.39 is 29.2 Å². The molecule has 9 nitrogen and oxygen atoms in total. The summed E-state index contributed by atoms with van der Waals surface area (Å²) in [6.07, 6.45) is 3.55. The Bertz CT molecular complexity index is 1480. The Morgan fingerprint density at radius 2 is 1.83 bits per heavy atom. The molecule has 1 unspecified atom stereocenters. The van der Waals surface area contributed by atoms with Crippen LogP contribution in [0.25, 0.3) is 0 Å². The molecule has 0 spiro atoms. The number of nitrogens with one attached hydrogen (secondary N) is 1. The molecular weight excluding hydrogens is 541 g/mol. The van der Waals surface area contributed by atoms with Gasteiger partial charge in [-0.15, -0.1) is 10.2 Å². The zero-order valence-corrected chi connectivity index (χ0v) is 22.0. The predicted octanol–water partition coefficient (Wildman–Crippen LogP) is 5.98. The van der Waals surface area contributed by atoms with Crippen LogP contribution in [-0.2, 0) is 16.5 Å². The van der Waals surface area contributed by atoms with Crippen LogP contribution >= 0.6 is 0 Å². The fourth-order valence-corrected chi connectivity index (χ4v) is 5.35. The molecule has 41 heavy (non-hydrogen) atoms. The highest BCUT2D eigenvalue weighted by atomic mass is 19.4. The number of hydrogen-bond acceptors (Lipinski definition) is 7. The lowest BCUT2D eigenvalue weighted by atomic mass is 9.77. The molecule has 3 aromatic rings. The standard InChI is InChI=1S/C29H27F3N4O5/c1-40-23-15-20(14-21(16-23)29(30,31)32)28(11-2-12-33-28)27-36-35-26(41-27)25(39)34-22-9-7-19(8-10-22)18-5-3-17(4-6-18)13-24(37)38/h2,7-12,14-18H,3-6,13H2,1H3,(H,34,39)(H,37,38). The number of alkyl halides is 3. The summed E-state index contributed by atoms with van der Waals surface area (Å²) < 4.78 is 51.4. The summed E-state index contributed by atoms with van der Waals surface area (Å²) in [6.45, 7) is 0. The molecule has 1 aliphatic heterocycles. The number of aromatic nitrogens is 2. The second-order valence-electron chi connectivity index (χ2n) is 10.2. The Labute approximate surface area is 233 Å². The minimum absolute atomic E-state index is 0.0288. The molecule has 1 amide bonds. The number of ether oxygens (including phenoxy) is 1. The maximum Gasteiger partial charge on any atom is 0.416 e. The van der Waals surface area contributed by atoms with Crippen LogP contribution in [0.2, 0.25) is 0 Å². The molecule has 12 heteroatoms. The molecule has 1 aromatic heterocycles. The van der Waals surface area contributed by atoms with Gasteiger partial charge in [0.05, 0.1) is 12.7 Å². The second-order valence-corrected chi connectivity index (χ2v) is 10.2. The summed E-state index contributed by atoms with van der Waals surface area (Å²) in [7, 11) is 1.26. The molecular formula is C29H27F3N4O5. The number of nitrogens with zero attached hydrogens (tertiary/aromatic N) is 3. The third-order valence-electron chi connectivity index (χ3n) is 7.51. The van der Waals surface area contributed by atoms with Gasteiger partial charge in [-0.25, -0.2) is 0 Å². The molecule has 2 heterocycles. The van der Waals surface area contributed by atoms with Crippen LogP contribution < -0.4 is 10.1 Å². The molecule has 5 rings (SSSR count). The van der Waals surface area contributed by atoms with Gasteiger partial charge in [-0.3, -0.25) is 14.6 Å². The second kappa shape index (κ2) is 11.2. The first kappa shape index (κ1) is 28.1. The zero-order chi connectivity index (χ0) is 29.2. The first-order valence-electron chi connectivity index (χ1n) is 13.0. The average Bonchev–Trinajstić information content (AvgIpc) is 3.64. The topological polar surface area (TPSA) is 127 Å². The van der Waals surface area contributed by atoms with Crippen molar-refractivity contribution in [1.29, 1.82) is 0 Å². The van der Waals surface area contributed by atoms with Crippen molar-refractivity contribution in [3.05, 3.63) is 83.1 Å². The van der Waals surface area contributed by atoms with Gasteiger partial charge in [-0.05, 0) is 91.1 Å². The highest BCUT2D eigenvalue weighted by Gasteiger charge is 2.42. The van der Waals surface area contributed by atoms with Gasteiger partial charge in [0.2, 0.25) is 0 Å². The van der Waals surface area contributed by atoms with Crippen LogP contribution in [-0.4, -0.2) is 40.5 Å². The van der Waals surface area contributed by atoms with Crippen LogP contribution in [0.1, 0.15) is 71.3 Å². The Hall–Kier alpha value is -4.48. The fraction of sp³-hybridized carbons (Fsp3) is 0.345. The number of halogens is 3. The van der Waals surface area contributed by atoms with E-state index in [0.717, 1.165) is 43.4 Å². The van der Waals surface area contributed by atoms with Crippen molar-refractivity contribution in [1.82, 2.24) is 10.2 Å². The number of carbonyl (C=O) groups excluding carboxylic acids is 1. The van der Waals surface area contributed by atoms with E-state index in [2.05, 4.69) is 20.5 Å². The quantitative estimate of drug-likeness (QED) is 0.342. The number of carboxylic acids is 1. The Morgan fingerprint density at radius 1 is 1.10 bits per heavy atom. The molecule has 1 aliphatic carbocycles. The number of carboxylic acid groups (broad SMARTS) is 1. The highest BCUT2D eigenvalue weighted by molar-refractivity contribution is 6.00. The minimum atomic E-state index is -4.63. The normalized spacial score (nSPS) is 22.0. The number of hydrogen-bond donors (Lipinski definition) is 2. The monoisotopic (exact) mass is 568 g/mol. The predicted molar refractivity (Wildman–Crippen MR) is 142 cm³/mol. The summed E-state index contributed by atoms with van der Waals surface area (Å²) >= 11 is 0. The summed E-state index contributed by atoms with van der Waals surface area (Å²) in [5.41, 5.74) is -0.811. The minimum Gasteiger partial charge on any atom is -0.497 e. The Balaban J connectivity index is 1.30. The molecule has 1 saturated carbocycles. The number of aliphatic carboxylic acids is 1. The molecule has 1 fully saturated rings. The number of methoxy groups -OCH3 is 1. The molecule has 1 atom stereocenters. The number of rotatable bonds is 8. The average molecular weight is 569 g/mol.